The predicted octanol–water partition coefficient (Wildman–Crippen LogP) is 4.28. The van der Waals surface area contributed by atoms with Gasteiger partial charge in [0.1, 0.15) is 0 Å². The minimum Gasteiger partial charge on any atom is -0.367 e. The van der Waals surface area contributed by atoms with E-state index in [2.05, 4.69) is 41.4 Å². The van der Waals surface area contributed by atoms with E-state index in [0.29, 0.717) is 29.2 Å². The number of anilines is 2. The highest BCUT2D eigenvalue weighted by molar-refractivity contribution is 9.10. The van der Waals surface area contributed by atoms with E-state index in [1.54, 1.807) is 6.07 Å². The number of nitro groups is 1. The van der Waals surface area contributed by atoms with E-state index in [-0.39, 0.29) is 5.69 Å². The third-order valence-electron chi connectivity index (χ3n) is 4.28. The van der Waals surface area contributed by atoms with Crippen LogP contribution >= 0.6 is 15.9 Å². The van der Waals surface area contributed by atoms with E-state index in [1.807, 2.05) is 38.4 Å². The van der Waals surface area contributed by atoms with Crippen LogP contribution in [-0.4, -0.2) is 47.0 Å². The Morgan fingerprint density at radius 1 is 1.07 bits per heavy atom. The Morgan fingerprint density at radius 2 is 1.83 bits per heavy atom. The molecular weight excluding hydrogens is 436 g/mol. The Bertz CT molecular complexity index is 1010. The van der Waals surface area contributed by atoms with E-state index in [1.165, 1.54) is 12.1 Å². The highest BCUT2D eigenvalue weighted by atomic mass is 79.9. The minimum absolute atomic E-state index is 0.000188. The summed E-state index contributed by atoms with van der Waals surface area (Å²) in [6.07, 6.45) is 0.937. The lowest BCUT2D eigenvalue weighted by atomic mass is 10.2. The van der Waals surface area contributed by atoms with Crippen molar-refractivity contribution in [3.63, 3.8) is 0 Å². The third kappa shape index (κ3) is 5.85. The van der Waals surface area contributed by atoms with Gasteiger partial charge in [0, 0.05) is 29.7 Å². The molecule has 0 saturated carbocycles. The first kappa shape index (κ1) is 20.9. The Hall–Kier alpha value is -2.78. The van der Waals surface area contributed by atoms with Gasteiger partial charge in [0.2, 0.25) is 0 Å². The van der Waals surface area contributed by atoms with E-state index < -0.39 is 4.92 Å². The number of rotatable bonds is 9. The molecule has 0 saturated heterocycles. The number of hydrogen-bond acceptors (Lipinski definition) is 7. The fraction of sp³-hybridized carbons (Fsp3) is 0.300. The van der Waals surface area contributed by atoms with Gasteiger partial charge in [-0.05, 0) is 50.8 Å². The van der Waals surface area contributed by atoms with Gasteiger partial charge in [-0.15, -0.1) is 0 Å². The minimum atomic E-state index is -0.426. The lowest BCUT2D eigenvalue weighted by Gasteiger charge is -2.14. The van der Waals surface area contributed by atoms with Crippen LogP contribution in [0.5, 0.6) is 0 Å². The molecule has 0 amide bonds. The lowest BCUT2D eigenvalue weighted by molar-refractivity contribution is -0.384. The number of hydrogen-bond donors (Lipinski definition) is 2. The van der Waals surface area contributed by atoms with Gasteiger partial charge in [-0.1, -0.05) is 28.1 Å². The smallest absolute Gasteiger partial charge is 0.271 e. The molecular formula is C20H23BrN6O2. The maximum atomic E-state index is 11.1. The second-order valence-corrected chi connectivity index (χ2v) is 7.83. The number of aromatic nitrogens is 2. The second-order valence-electron chi connectivity index (χ2n) is 6.92. The van der Waals surface area contributed by atoms with E-state index >= 15 is 0 Å². The van der Waals surface area contributed by atoms with Crippen molar-refractivity contribution >= 4 is 44.3 Å². The largest absolute Gasteiger partial charge is 0.367 e. The molecule has 2 N–H and O–H groups in total. The molecule has 2 aromatic carbocycles. The van der Waals surface area contributed by atoms with Crippen LogP contribution in [0.3, 0.4) is 0 Å². The molecule has 152 valence electrons. The standard InChI is InChI=1S/C20H23BrN6O2/c1-26(2)10-4-9-22-19-20(23-13-14-5-3-6-15(21)11-14)24-17-8-7-16(27(28)29)12-18(17)25-19/h3,5-8,11-12H,4,9-10,13H2,1-2H3,(H,22,25)(H,23,24). The highest BCUT2D eigenvalue weighted by Gasteiger charge is 2.13. The van der Waals surface area contributed by atoms with Gasteiger partial charge in [0.05, 0.1) is 16.0 Å². The Labute approximate surface area is 177 Å². The van der Waals surface area contributed by atoms with Crippen molar-refractivity contribution in [1.29, 1.82) is 0 Å². The molecule has 1 heterocycles. The van der Waals surface area contributed by atoms with Gasteiger partial charge in [-0.25, -0.2) is 9.97 Å². The summed E-state index contributed by atoms with van der Waals surface area (Å²) in [6.45, 7) is 2.25. The van der Waals surface area contributed by atoms with E-state index in [0.717, 1.165) is 29.5 Å². The molecule has 3 aromatic rings. The zero-order valence-electron chi connectivity index (χ0n) is 16.4. The van der Waals surface area contributed by atoms with Crippen LogP contribution in [0.25, 0.3) is 11.0 Å². The van der Waals surface area contributed by atoms with Gasteiger partial charge in [-0.2, -0.15) is 0 Å². The molecule has 0 aliphatic carbocycles. The summed E-state index contributed by atoms with van der Waals surface area (Å²) in [4.78, 5) is 22.0. The fourth-order valence-corrected chi connectivity index (χ4v) is 3.28. The van der Waals surface area contributed by atoms with Crippen LogP contribution in [0.1, 0.15) is 12.0 Å². The summed E-state index contributed by atoms with van der Waals surface area (Å²) in [5.41, 5.74) is 2.19. The Balaban J connectivity index is 1.86. The first-order chi connectivity index (χ1) is 13.9. The third-order valence-corrected chi connectivity index (χ3v) is 4.78. The average molecular weight is 459 g/mol. The normalized spacial score (nSPS) is 11.0. The molecule has 0 unspecified atom stereocenters. The molecule has 29 heavy (non-hydrogen) atoms. The van der Waals surface area contributed by atoms with Crippen LogP contribution in [0.15, 0.2) is 46.9 Å². The topological polar surface area (TPSA) is 96.2 Å². The monoisotopic (exact) mass is 458 g/mol. The first-order valence-corrected chi connectivity index (χ1v) is 10.0. The number of nitrogens with one attached hydrogen (secondary N) is 2. The average Bonchev–Trinajstić information content (AvgIpc) is 2.68. The maximum absolute atomic E-state index is 11.1. The van der Waals surface area contributed by atoms with E-state index in [9.17, 15) is 10.1 Å². The summed E-state index contributed by atoms with van der Waals surface area (Å²) in [5, 5.41) is 17.7. The Morgan fingerprint density at radius 3 is 2.55 bits per heavy atom. The lowest BCUT2D eigenvalue weighted by Crippen LogP contribution is -2.17. The van der Waals surface area contributed by atoms with Gasteiger partial charge in [0.25, 0.3) is 5.69 Å². The van der Waals surface area contributed by atoms with Crippen molar-refractivity contribution in [1.82, 2.24) is 14.9 Å². The molecule has 9 heteroatoms. The quantitative estimate of drug-likeness (QED) is 0.280. The van der Waals surface area contributed by atoms with Crippen molar-refractivity contribution < 1.29 is 4.92 Å². The number of halogens is 1. The summed E-state index contributed by atoms with van der Waals surface area (Å²) in [5.74, 6) is 1.21. The predicted molar refractivity (Wildman–Crippen MR) is 119 cm³/mol. The molecule has 0 spiro atoms. The van der Waals surface area contributed by atoms with Crippen molar-refractivity contribution in [3.8, 4) is 0 Å². The summed E-state index contributed by atoms with van der Waals surface area (Å²) in [7, 11) is 4.06. The summed E-state index contributed by atoms with van der Waals surface area (Å²) in [6, 6.07) is 12.5. The van der Waals surface area contributed by atoms with Gasteiger partial charge in [0.15, 0.2) is 11.6 Å². The molecule has 0 fully saturated rings. The van der Waals surface area contributed by atoms with Gasteiger partial charge >= 0.3 is 0 Å². The van der Waals surface area contributed by atoms with Gasteiger partial charge in [-0.3, -0.25) is 10.1 Å². The second kappa shape index (κ2) is 9.62. The zero-order chi connectivity index (χ0) is 20.8. The SMILES string of the molecule is CN(C)CCCNc1nc2cc([N+](=O)[O-])ccc2nc1NCc1cccc(Br)c1. The zero-order valence-corrected chi connectivity index (χ0v) is 17.9. The van der Waals surface area contributed by atoms with Crippen LogP contribution < -0.4 is 10.6 Å². The van der Waals surface area contributed by atoms with Crippen molar-refractivity contribution in [3.05, 3.63) is 62.6 Å². The van der Waals surface area contributed by atoms with Crippen molar-refractivity contribution in [2.45, 2.75) is 13.0 Å². The first-order valence-electron chi connectivity index (χ1n) is 9.25. The number of nitro benzene ring substituents is 1. The fourth-order valence-electron chi connectivity index (χ4n) is 2.84. The summed E-state index contributed by atoms with van der Waals surface area (Å²) < 4.78 is 1.01. The van der Waals surface area contributed by atoms with Crippen LogP contribution in [0.2, 0.25) is 0 Å². The van der Waals surface area contributed by atoms with Crippen LogP contribution in [0.4, 0.5) is 17.3 Å². The van der Waals surface area contributed by atoms with E-state index in [4.69, 9.17) is 0 Å². The van der Waals surface area contributed by atoms with Crippen LogP contribution in [0, 0.1) is 10.1 Å². The van der Waals surface area contributed by atoms with Crippen molar-refractivity contribution in [2.24, 2.45) is 0 Å². The number of nitrogens with zero attached hydrogens (tertiary/aromatic N) is 4. The highest BCUT2D eigenvalue weighted by Crippen LogP contribution is 2.25. The molecule has 0 radical (unpaired) electrons. The maximum Gasteiger partial charge on any atom is 0.271 e. The van der Waals surface area contributed by atoms with Gasteiger partial charge < -0.3 is 15.5 Å². The number of benzene rings is 2. The molecule has 8 nitrogen and oxygen atoms in total. The molecule has 0 aliphatic heterocycles. The number of fused-ring (bicyclic) bond motifs is 1. The van der Waals surface area contributed by atoms with Crippen LogP contribution in [-0.2, 0) is 6.54 Å². The molecule has 0 bridgehead atoms. The molecule has 0 aliphatic rings. The summed E-state index contributed by atoms with van der Waals surface area (Å²) >= 11 is 3.48. The van der Waals surface area contributed by atoms with Crippen molar-refractivity contribution in [2.75, 3.05) is 37.8 Å². The molecule has 1 aromatic heterocycles. The molecule has 3 rings (SSSR count). The molecule has 0 atom stereocenters. The number of non-ortho nitro benzene ring substituents is 1. The Kier molecular flexibility index (Phi) is 6.95.